The third-order valence-corrected chi connectivity index (χ3v) is 7.39. The van der Waals surface area contributed by atoms with Crippen molar-refractivity contribution in [1.82, 2.24) is 19.1 Å². The standard InChI is InChI=1S/C21H26N4O4S/c1-15-20(14-24(2)23-15)30(26,27)25-10-5-4-9-19(25)21-22-13-18(29-21)12-16-7-6-8-17(11-16)28-3/h6-8,11,13-14,19H,4-5,9-10,12H2,1-3H3. The largest absolute Gasteiger partial charge is 0.497 e. The lowest BCUT2D eigenvalue weighted by Gasteiger charge is -2.32. The van der Waals surface area contributed by atoms with Gasteiger partial charge in [-0.15, -0.1) is 0 Å². The predicted octanol–water partition coefficient (Wildman–Crippen LogP) is 3.23. The van der Waals surface area contributed by atoms with Crippen LogP contribution >= 0.6 is 0 Å². The smallest absolute Gasteiger partial charge is 0.247 e. The Morgan fingerprint density at radius 3 is 2.87 bits per heavy atom. The Labute approximate surface area is 176 Å². The first-order chi connectivity index (χ1) is 14.4. The summed E-state index contributed by atoms with van der Waals surface area (Å²) in [7, 11) is -0.341. The van der Waals surface area contributed by atoms with Gasteiger partial charge in [0, 0.05) is 26.2 Å². The Balaban J connectivity index is 1.60. The SMILES string of the molecule is COc1cccc(Cc2cnc(C3CCCCN3S(=O)(=O)c3cn(C)nc3C)o2)c1. The molecule has 2 aromatic heterocycles. The van der Waals surface area contributed by atoms with Gasteiger partial charge in [0.2, 0.25) is 15.9 Å². The van der Waals surface area contributed by atoms with E-state index < -0.39 is 16.1 Å². The van der Waals surface area contributed by atoms with Crippen molar-refractivity contribution in [3.05, 3.63) is 59.6 Å². The van der Waals surface area contributed by atoms with Crippen LogP contribution in [-0.2, 0) is 23.5 Å². The van der Waals surface area contributed by atoms with Crippen LogP contribution in [0.15, 0.2) is 46.0 Å². The van der Waals surface area contributed by atoms with Gasteiger partial charge in [0.1, 0.15) is 22.4 Å². The summed E-state index contributed by atoms with van der Waals surface area (Å²) in [5.41, 5.74) is 1.53. The molecule has 1 atom stereocenters. The minimum absolute atomic E-state index is 0.236. The highest BCUT2D eigenvalue weighted by Gasteiger charge is 2.38. The number of rotatable bonds is 6. The molecule has 1 aromatic carbocycles. The van der Waals surface area contributed by atoms with Gasteiger partial charge in [0.15, 0.2) is 0 Å². The van der Waals surface area contributed by atoms with Gasteiger partial charge in [-0.1, -0.05) is 18.6 Å². The van der Waals surface area contributed by atoms with E-state index in [1.165, 1.54) is 8.99 Å². The fourth-order valence-electron chi connectivity index (χ4n) is 3.94. The lowest BCUT2D eigenvalue weighted by atomic mass is 10.1. The summed E-state index contributed by atoms with van der Waals surface area (Å²) in [5, 5.41) is 4.20. The van der Waals surface area contributed by atoms with Crippen molar-refractivity contribution in [3.63, 3.8) is 0 Å². The van der Waals surface area contributed by atoms with Gasteiger partial charge in [-0.2, -0.15) is 9.40 Å². The Morgan fingerprint density at radius 2 is 2.13 bits per heavy atom. The normalized spacial score (nSPS) is 17.9. The molecule has 0 aliphatic carbocycles. The molecule has 3 aromatic rings. The highest BCUT2D eigenvalue weighted by molar-refractivity contribution is 7.89. The molecular formula is C21H26N4O4S. The number of methoxy groups -OCH3 is 1. The van der Waals surface area contributed by atoms with Gasteiger partial charge < -0.3 is 9.15 Å². The second-order valence-electron chi connectivity index (χ2n) is 7.57. The maximum Gasteiger partial charge on any atom is 0.247 e. The maximum absolute atomic E-state index is 13.4. The van der Waals surface area contributed by atoms with Crippen LogP contribution in [0.3, 0.4) is 0 Å². The van der Waals surface area contributed by atoms with E-state index in [0.29, 0.717) is 36.7 Å². The van der Waals surface area contributed by atoms with E-state index in [9.17, 15) is 8.42 Å². The molecule has 1 unspecified atom stereocenters. The highest BCUT2D eigenvalue weighted by atomic mass is 32.2. The molecule has 8 nitrogen and oxygen atoms in total. The number of aryl methyl sites for hydroxylation is 2. The van der Waals surface area contributed by atoms with Crippen LogP contribution in [0.5, 0.6) is 5.75 Å². The van der Waals surface area contributed by atoms with Crippen molar-refractivity contribution in [2.24, 2.45) is 7.05 Å². The minimum Gasteiger partial charge on any atom is -0.497 e. The van der Waals surface area contributed by atoms with Gasteiger partial charge in [0.25, 0.3) is 0 Å². The van der Waals surface area contributed by atoms with Crippen LogP contribution in [0.4, 0.5) is 0 Å². The molecule has 0 bridgehead atoms. The van der Waals surface area contributed by atoms with Gasteiger partial charge in [-0.05, 0) is 37.5 Å². The van der Waals surface area contributed by atoms with Crippen molar-refractivity contribution in [2.75, 3.05) is 13.7 Å². The zero-order chi connectivity index (χ0) is 21.3. The number of hydrogen-bond acceptors (Lipinski definition) is 6. The number of aromatic nitrogens is 3. The molecule has 1 aliphatic rings. The lowest BCUT2D eigenvalue weighted by Crippen LogP contribution is -2.38. The van der Waals surface area contributed by atoms with Gasteiger partial charge in [0.05, 0.1) is 19.0 Å². The monoisotopic (exact) mass is 430 g/mol. The highest BCUT2D eigenvalue weighted by Crippen LogP contribution is 2.36. The first-order valence-electron chi connectivity index (χ1n) is 9.98. The summed E-state index contributed by atoms with van der Waals surface area (Å²) in [5.74, 6) is 1.92. The van der Waals surface area contributed by atoms with Gasteiger partial charge >= 0.3 is 0 Å². The number of nitrogens with zero attached hydrogens (tertiary/aromatic N) is 4. The summed E-state index contributed by atoms with van der Waals surface area (Å²) in [6.07, 6.45) is 6.22. The Bertz CT molecular complexity index is 1140. The number of benzene rings is 1. The molecule has 3 heterocycles. The molecule has 0 saturated carbocycles. The molecule has 1 aliphatic heterocycles. The fraction of sp³-hybridized carbons (Fsp3) is 0.429. The predicted molar refractivity (Wildman–Crippen MR) is 111 cm³/mol. The van der Waals surface area contributed by atoms with Crippen molar-refractivity contribution >= 4 is 10.0 Å². The summed E-state index contributed by atoms with van der Waals surface area (Å²) in [4.78, 5) is 4.67. The third kappa shape index (κ3) is 3.99. The third-order valence-electron chi connectivity index (χ3n) is 5.38. The Kier molecular flexibility index (Phi) is 5.66. The number of sulfonamides is 1. The molecule has 0 amide bonds. The average Bonchev–Trinajstić information content (AvgIpc) is 3.34. The molecule has 1 fully saturated rings. The van der Waals surface area contributed by atoms with Crippen molar-refractivity contribution in [2.45, 2.75) is 43.5 Å². The van der Waals surface area contributed by atoms with Gasteiger partial charge in [-0.3, -0.25) is 4.68 Å². The van der Waals surface area contributed by atoms with E-state index in [4.69, 9.17) is 9.15 Å². The van der Waals surface area contributed by atoms with E-state index in [1.807, 2.05) is 24.3 Å². The summed E-state index contributed by atoms with van der Waals surface area (Å²) in [6, 6.07) is 7.35. The maximum atomic E-state index is 13.4. The minimum atomic E-state index is -3.69. The zero-order valence-corrected chi connectivity index (χ0v) is 18.2. The Morgan fingerprint density at radius 1 is 1.30 bits per heavy atom. The van der Waals surface area contributed by atoms with Crippen LogP contribution in [0, 0.1) is 6.92 Å². The second kappa shape index (κ2) is 8.23. The topological polar surface area (TPSA) is 90.5 Å². The van der Waals surface area contributed by atoms with Crippen LogP contribution < -0.4 is 4.74 Å². The van der Waals surface area contributed by atoms with Crippen molar-refractivity contribution in [3.8, 4) is 5.75 Å². The molecule has 9 heteroatoms. The quantitative estimate of drug-likeness (QED) is 0.596. The lowest BCUT2D eigenvalue weighted by molar-refractivity contribution is 0.216. The van der Waals surface area contributed by atoms with E-state index in [0.717, 1.165) is 24.2 Å². The number of hydrogen-bond donors (Lipinski definition) is 0. The summed E-state index contributed by atoms with van der Waals surface area (Å²) < 4.78 is 41.1. The number of ether oxygens (including phenoxy) is 1. The molecule has 0 radical (unpaired) electrons. The van der Waals surface area contributed by atoms with Crippen LogP contribution in [0.1, 0.15) is 48.2 Å². The molecule has 4 rings (SSSR count). The fourth-order valence-corrected chi connectivity index (χ4v) is 5.79. The average molecular weight is 431 g/mol. The van der Waals surface area contributed by atoms with E-state index >= 15 is 0 Å². The molecule has 160 valence electrons. The number of piperidine rings is 1. The Hall–Kier alpha value is -2.65. The van der Waals surface area contributed by atoms with E-state index in [-0.39, 0.29) is 4.90 Å². The molecule has 0 N–H and O–H groups in total. The van der Waals surface area contributed by atoms with Crippen molar-refractivity contribution < 1.29 is 17.6 Å². The first kappa shape index (κ1) is 20.6. The summed E-state index contributed by atoms with van der Waals surface area (Å²) in [6.45, 7) is 2.15. The second-order valence-corrected chi connectivity index (χ2v) is 9.43. The van der Waals surface area contributed by atoms with E-state index in [2.05, 4.69) is 10.1 Å². The molecule has 1 saturated heterocycles. The van der Waals surface area contributed by atoms with E-state index in [1.54, 1.807) is 33.5 Å². The first-order valence-corrected chi connectivity index (χ1v) is 11.4. The van der Waals surface area contributed by atoms with Crippen LogP contribution in [-0.4, -0.2) is 41.1 Å². The summed E-state index contributed by atoms with van der Waals surface area (Å²) >= 11 is 0. The molecule has 0 spiro atoms. The molecular weight excluding hydrogens is 404 g/mol. The zero-order valence-electron chi connectivity index (χ0n) is 17.4. The number of oxazole rings is 1. The van der Waals surface area contributed by atoms with Crippen LogP contribution in [0.2, 0.25) is 0 Å². The molecule has 30 heavy (non-hydrogen) atoms. The van der Waals surface area contributed by atoms with Crippen molar-refractivity contribution in [1.29, 1.82) is 0 Å². The van der Waals surface area contributed by atoms with Gasteiger partial charge in [-0.25, -0.2) is 13.4 Å². The van der Waals surface area contributed by atoms with Crippen LogP contribution in [0.25, 0.3) is 0 Å².